The second-order valence-corrected chi connectivity index (χ2v) is 14.5. The molecule has 3 aromatic rings. The van der Waals surface area contributed by atoms with Gasteiger partial charge < -0.3 is 9.64 Å². The Morgan fingerprint density at radius 2 is 1.54 bits per heavy atom. The van der Waals surface area contributed by atoms with Gasteiger partial charge in [0.15, 0.2) is 0 Å². The number of rotatable bonds is 9. The van der Waals surface area contributed by atoms with Gasteiger partial charge >= 0.3 is 12.2 Å². The monoisotopic (exact) mass is 725 g/mol. The maximum Gasteiger partial charge on any atom is 0.416 e. The number of amides is 2. The van der Waals surface area contributed by atoms with Crippen LogP contribution in [0, 0.1) is 5.92 Å². The first-order chi connectivity index (χ1) is 22.7. The molecule has 15 heteroatoms. The molecular weight excluding hydrogens is 690 g/mol. The molecule has 48 heavy (non-hydrogen) atoms. The predicted molar refractivity (Wildman–Crippen MR) is 180 cm³/mol. The summed E-state index contributed by atoms with van der Waals surface area (Å²) in [6.45, 7) is 6.06. The third-order valence-electron chi connectivity index (χ3n) is 8.07. The Morgan fingerprint density at radius 1 is 0.958 bits per heavy atom. The van der Waals surface area contributed by atoms with Crippen molar-refractivity contribution in [3.63, 3.8) is 0 Å². The molecule has 2 heterocycles. The first-order valence-electron chi connectivity index (χ1n) is 15.5. The van der Waals surface area contributed by atoms with E-state index < -0.39 is 40.1 Å². The van der Waals surface area contributed by atoms with Crippen LogP contribution in [-0.2, 0) is 16.4 Å². The molecule has 0 bridgehead atoms. The summed E-state index contributed by atoms with van der Waals surface area (Å²) in [5.74, 6) is 0.147. The molecule has 1 saturated heterocycles. The lowest BCUT2D eigenvalue weighted by molar-refractivity contribution is -0.137. The summed E-state index contributed by atoms with van der Waals surface area (Å²) in [5.41, 5.74) is 0.686. The summed E-state index contributed by atoms with van der Waals surface area (Å²) >= 11 is 12.4. The lowest BCUT2D eigenvalue weighted by atomic mass is 9.93. The van der Waals surface area contributed by atoms with E-state index in [4.69, 9.17) is 32.9 Å². The second-order valence-electron chi connectivity index (χ2n) is 11.9. The van der Waals surface area contributed by atoms with E-state index in [9.17, 15) is 26.4 Å². The number of amidine groups is 1. The number of piperazine rings is 1. The van der Waals surface area contributed by atoms with Gasteiger partial charge in [0.1, 0.15) is 17.6 Å². The number of nitrogens with zero attached hydrogens (tertiary/aromatic N) is 4. The molecule has 3 aromatic carbocycles. The first kappa shape index (κ1) is 35.9. The Bertz CT molecular complexity index is 1750. The molecule has 1 fully saturated rings. The molecule has 2 unspecified atom stereocenters. The van der Waals surface area contributed by atoms with Crippen LogP contribution in [0.1, 0.15) is 55.1 Å². The van der Waals surface area contributed by atoms with E-state index in [0.29, 0.717) is 21.2 Å². The van der Waals surface area contributed by atoms with Gasteiger partial charge in [-0.3, -0.25) is 9.89 Å². The van der Waals surface area contributed by atoms with Crippen molar-refractivity contribution in [1.82, 2.24) is 18.8 Å². The van der Waals surface area contributed by atoms with Crippen LogP contribution in [0.2, 0.25) is 10.0 Å². The van der Waals surface area contributed by atoms with Gasteiger partial charge in [-0.2, -0.15) is 25.9 Å². The van der Waals surface area contributed by atoms with E-state index in [2.05, 4.69) is 4.72 Å². The zero-order valence-electron chi connectivity index (χ0n) is 26.5. The van der Waals surface area contributed by atoms with Crippen LogP contribution in [0.25, 0.3) is 0 Å². The molecule has 0 saturated carbocycles. The zero-order chi connectivity index (χ0) is 34.8. The number of carbonyl (C=O) groups excluding carboxylic acids is 1. The van der Waals surface area contributed by atoms with Gasteiger partial charge in [-0.15, -0.1) is 0 Å². The normalized spacial score (nSPS) is 19.1. The number of aliphatic imine (C=N–C) groups is 1. The van der Waals surface area contributed by atoms with E-state index in [1.54, 1.807) is 55.5 Å². The SMILES string of the molecule is CCOc1cc(C(F)(F)F)ccc1C1=NC(c2ccc(Cl)cc2)C(c2ccc(Cl)cc2)N1C(=O)N1CCN(S(=O)(=O)NCC(C)C)CC1. The van der Waals surface area contributed by atoms with Crippen LogP contribution < -0.4 is 9.46 Å². The summed E-state index contributed by atoms with van der Waals surface area (Å²) in [6.07, 6.45) is -4.63. The quantitative estimate of drug-likeness (QED) is 0.253. The number of hydrogen-bond acceptors (Lipinski definition) is 5. The fourth-order valence-corrected chi connectivity index (χ4v) is 7.27. The zero-order valence-corrected chi connectivity index (χ0v) is 28.9. The minimum Gasteiger partial charge on any atom is -0.493 e. The smallest absolute Gasteiger partial charge is 0.416 e. The summed E-state index contributed by atoms with van der Waals surface area (Å²) in [7, 11) is -3.76. The van der Waals surface area contributed by atoms with Crippen molar-refractivity contribution in [1.29, 1.82) is 0 Å². The number of alkyl halides is 3. The number of benzene rings is 3. The summed E-state index contributed by atoms with van der Waals surface area (Å²) < 4.78 is 76.8. The fraction of sp³-hybridized carbons (Fsp3) is 0.394. The van der Waals surface area contributed by atoms with Crippen molar-refractivity contribution in [3.05, 3.63) is 99.0 Å². The molecule has 2 aliphatic heterocycles. The highest BCUT2D eigenvalue weighted by Crippen LogP contribution is 2.46. The number of hydrogen-bond donors (Lipinski definition) is 1. The molecule has 258 valence electrons. The number of halogens is 5. The largest absolute Gasteiger partial charge is 0.493 e. The highest BCUT2D eigenvalue weighted by Gasteiger charge is 2.45. The van der Waals surface area contributed by atoms with Gasteiger partial charge in [0, 0.05) is 42.8 Å². The topological polar surface area (TPSA) is 94.6 Å². The third-order valence-corrected chi connectivity index (χ3v) is 10.1. The van der Waals surface area contributed by atoms with Crippen molar-refractivity contribution in [3.8, 4) is 5.75 Å². The molecular formula is C33H36Cl2F3N5O4S. The average molecular weight is 727 g/mol. The maximum absolute atomic E-state index is 14.7. The molecule has 0 radical (unpaired) electrons. The molecule has 2 aliphatic rings. The number of urea groups is 1. The van der Waals surface area contributed by atoms with Crippen LogP contribution >= 0.6 is 23.2 Å². The van der Waals surface area contributed by atoms with Crippen molar-refractivity contribution in [2.45, 2.75) is 39.0 Å². The van der Waals surface area contributed by atoms with Crippen molar-refractivity contribution in [2.24, 2.45) is 10.9 Å². The van der Waals surface area contributed by atoms with Crippen LogP contribution in [0.15, 0.2) is 71.7 Å². The second kappa shape index (κ2) is 14.6. The molecule has 0 aromatic heterocycles. The maximum atomic E-state index is 14.7. The van der Waals surface area contributed by atoms with E-state index in [1.807, 2.05) is 13.8 Å². The minimum absolute atomic E-state index is 0.0518. The van der Waals surface area contributed by atoms with Gasteiger partial charge in [-0.1, -0.05) is 61.3 Å². The summed E-state index contributed by atoms with van der Waals surface area (Å²) in [5, 5.41) is 0.970. The van der Waals surface area contributed by atoms with Crippen molar-refractivity contribution >= 4 is 45.3 Å². The summed E-state index contributed by atoms with van der Waals surface area (Å²) in [6, 6.07) is 15.1. The van der Waals surface area contributed by atoms with Crippen LogP contribution in [-0.4, -0.2) is 73.7 Å². The Morgan fingerprint density at radius 3 is 2.08 bits per heavy atom. The first-order valence-corrected chi connectivity index (χ1v) is 17.6. The highest BCUT2D eigenvalue weighted by molar-refractivity contribution is 7.87. The van der Waals surface area contributed by atoms with Crippen LogP contribution in [0.4, 0.5) is 18.0 Å². The third kappa shape index (κ3) is 7.92. The van der Waals surface area contributed by atoms with E-state index >= 15 is 0 Å². The lowest BCUT2D eigenvalue weighted by Crippen LogP contribution is -2.56. The summed E-state index contributed by atoms with van der Waals surface area (Å²) in [4.78, 5) is 22.7. The molecule has 9 nitrogen and oxygen atoms in total. The highest BCUT2D eigenvalue weighted by atomic mass is 35.5. The molecule has 0 aliphatic carbocycles. The molecule has 2 amide bonds. The molecule has 1 N–H and O–H groups in total. The molecule has 5 rings (SSSR count). The van der Waals surface area contributed by atoms with Gasteiger partial charge in [0.05, 0.1) is 23.8 Å². The Balaban J connectivity index is 1.59. The Hall–Kier alpha value is -3.36. The van der Waals surface area contributed by atoms with E-state index in [0.717, 1.165) is 12.1 Å². The number of carbonyl (C=O) groups is 1. The van der Waals surface area contributed by atoms with Crippen molar-refractivity contribution in [2.75, 3.05) is 39.3 Å². The van der Waals surface area contributed by atoms with E-state index in [-0.39, 0.29) is 62.4 Å². The van der Waals surface area contributed by atoms with Crippen LogP contribution in [0.5, 0.6) is 5.75 Å². The standard InChI is InChI=1S/C33H36Cl2F3N5O4S/c1-4-47-28-19-24(33(36,37)38)9-14-27(28)31-40-29(22-5-10-25(34)11-6-22)30(23-7-12-26(35)13-8-23)43(31)32(44)41-15-17-42(18-16-41)48(45,46)39-20-21(2)3/h5-14,19,21,29-30,39H,4,15-18,20H2,1-3H3. The van der Waals surface area contributed by atoms with Gasteiger partial charge in [-0.25, -0.2) is 9.52 Å². The Labute approximate surface area is 288 Å². The van der Waals surface area contributed by atoms with E-state index in [1.165, 1.54) is 20.2 Å². The minimum atomic E-state index is -4.63. The van der Waals surface area contributed by atoms with Crippen molar-refractivity contribution < 1.29 is 31.1 Å². The molecule has 0 spiro atoms. The number of nitrogens with one attached hydrogen (secondary N) is 1. The number of ether oxygens (including phenoxy) is 1. The predicted octanol–water partition coefficient (Wildman–Crippen LogP) is 7.18. The Kier molecular flexibility index (Phi) is 11.0. The van der Waals surface area contributed by atoms with Gasteiger partial charge in [0.25, 0.3) is 10.2 Å². The van der Waals surface area contributed by atoms with Gasteiger partial charge in [0.2, 0.25) is 0 Å². The average Bonchev–Trinajstić information content (AvgIpc) is 3.44. The molecule has 2 atom stereocenters. The fourth-order valence-electron chi connectivity index (χ4n) is 5.65. The van der Waals surface area contributed by atoms with Gasteiger partial charge in [-0.05, 0) is 66.4 Å². The van der Waals surface area contributed by atoms with Crippen LogP contribution in [0.3, 0.4) is 0 Å². The lowest BCUT2D eigenvalue weighted by Gasteiger charge is -2.38.